The van der Waals surface area contributed by atoms with E-state index in [1.54, 1.807) is 12.1 Å². The van der Waals surface area contributed by atoms with Gasteiger partial charge in [0.1, 0.15) is 0 Å². The van der Waals surface area contributed by atoms with Crippen LogP contribution in [0.2, 0.25) is 0 Å². The molecule has 0 bridgehead atoms. The molecule has 2 nitrogen and oxygen atoms in total. The molecule has 3 heteroatoms. The first-order valence-corrected chi connectivity index (χ1v) is 3.95. The highest BCUT2D eigenvalue weighted by atomic mass is 79.9. The molecule has 0 atom stereocenters. The molecular weight excluding hydrogens is 206 g/mol. The summed E-state index contributed by atoms with van der Waals surface area (Å²) in [4.78, 5) is 10.4. The first kappa shape index (κ1) is 8.27. The summed E-state index contributed by atoms with van der Waals surface area (Å²) < 4.78 is 0.911. The van der Waals surface area contributed by atoms with Crippen molar-refractivity contribution in [3.8, 4) is 0 Å². The van der Waals surface area contributed by atoms with E-state index in [0.29, 0.717) is 11.3 Å². The molecule has 0 aliphatic rings. The summed E-state index contributed by atoms with van der Waals surface area (Å²) in [6.45, 7) is 1.93. The highest BCUT2D eigenvalue weighted by molar-refractivity contribution is 9.10. The van der Waals surface area contributed by atoms with Gasteiger partial charge in [-0.1, -0.05) is 15.9 Å². The fraction of sp³-hybridized carbons (Fsp3) is 0.125. The summed E-state index contributed by atoms with van der Waals surface area (Å²) in [5, 5.41) is 0. The number of nitrogen functional groups attached to an aromatic ring is 1. The van der Waals surface area contributed by atoms with Crippen LogP contribution in [0.4, 0.5) is 5.69 Å². The zero-order chi connectivity index (χ0) is 8.43. The average molecular weight is 214 g/mol. The molecule has 0 amide bonds. The van der Waals surface area contributed by atoms with E-state index in [9.17, 15) is 4.79 Å². The molecule has 1 rings (SSSR count). The molecule has 0 fully saturated rings. The van der Waals surface area contributed by atoms with Crippen LogP contribution in [0.15, 0.2) is 16.6 Å². The lowest BCUT2D eigenvalue weighted by Crippen LogP contribution is -1.93. The number of nitrogens with two attached hydrogens (primary N) is 1. The van der Waals surface area contributed by atoms with E-state index in [4.69, 9.17) is 5.73 Å². The standard InChI is InChI=1S/C8H8BrNO/c1-5-2-8(10)6(4-11)3-7(5)9/h2-4H,10H2,1H3. The zero-order valence-corrected chi connectivity index (χ0v) is 7.68. The van der Waals surface area contributed by atoms with Crippen LogP contribution in [0.3, 0.4) is 0 Å². The summed E-state index contributed by atoms with van der Waals surface area (Å²) in [6, 6.07) is 3.49. The Morgan fingerprint density at radius 2 is 2.18 bits per heavy atom. The molecule has 11 heavy (non-hydrogen) atoms. The van der Waals surface area contributed by atoms with Crippen LogP contribution in [0.25, 0.3) is 0 Å². The van der Waals surface area contributed by atoms with Gasteiger partial charge in [-0.25, -0.2) is 0 Å². The summed E-state index contributed by atoms with van der Waals surface area (Å²) in [5.41, 5.74) is 7.64. The van der Waals surface area contributed by atoms with E-state index >= 15 is 0 Å². The molecule has 1 aromatic rings. The van der Waals surface area contributed by atoms with Gasteiger partial charge in [-0.15, -0.1) is 0 Å². The van der Waals surface area contributed by atoms with Crippen molar-refractivity contribution >= 4 is 27.9 Å². The maximum Gasteiger partial charge on any atom is 0.152 e. The smallest absolute Gasteiger partial charge is 0.152 e. The van der Waals surface area contributed by atoms with Crippen LogP contribution >= 0.6 is 15.9 Å². The third-order valence-corrected chi connectivity index (χ3v) is 2.35. The van der Waals surface area contributed by atoms with E-state index in [2.05, 4.69) is 15.9 Å². The highest BCUT2D eigenvalue weighted by Gasteiger charge is 2.00. The fourth-order valence-corrected chi connectivity index (χ4v) is 1.18. The molecule has 0 unspecified atom stereocenters. The number of aryl methyl sites for hydroxylation is 1. The largest absolute Gasteiger partial charge is 0.398 e. The summed E-state index contributed by atoms with van der Waals surface area (Å²) >= 11 is 3.31. The third-order valence-electron chi connectivity index (χ3n) is 1.49. The Balaban J connectivity index is 3.31. The Morgan fingerprint density at radius 1 is 1.55 bits per heavy atom. The highest BCUT2D eigenvalue weighted by Crippen LogP contribution is 2.21. The number of benzene rings is 1. The van der Waals surface area contributed by atoms with Crippen molar-refractivity contribution in [3.63, 3.8) is 0 Å². The van der Waals surface area contributed by atoms with Crippen molar-refractivity contribution in [1.29, 1.82) is 0 Å². The van der Waals surface area contributed by atoms with Crippen LogP contribution in [0.5, 0.6) is 0 Å². The summed E-state index contributed by atoms with van der Waals surface area (Å²) in [5.74, 6) is 0. The number of rotatable bonds is 1. The van der Waals surface area contributed by atoms with Crippen LogP contribution in [-0.4, -0.2) is 6.29 Å². The van der Waals surface area contributed by atoms with Gasteiger partial charge >= 0.3 is 0 Å². The van der Waals surface area contributed by atoms with E-state index < -0.39 is 0 Å². The molecule has 0 saturated carbocycles. The minimum Gasteiger partial charge on any atom is -0.398 e. The normalized spacial score (nSPS) is 9.64. The number of halogens is 1. The van der Waals surface area contributed by atoms with Gasteiger partial charge in [0, 0.05) is 15.7 Å². The number of hydrogen-bond acceptors (Lipinski definition) is 2. The molecule has 2 N–H and O–H groups in total. The van der Waals surface area contributed by atoms with Crippen molar-refractivity contribution in [2.24, 2.45) is 0 Å². The van der Waals surface area contributed by atoms with Crippen LogP contribution in [-0.2, 0) is 0 Å². The number of anilines is 1. The lowest BCUT2D eigenvalue weighted by molar-refractivity contribution is 0.112. The lowest BCUT2D eigenvalue weighted by atomic mass is 10.1. The van der Waals surface area contributed by atoms with Crippen LogP contribution in [0.1, 0.15) is 15.9 Å². The van der Waals surface area contributed by atoms with Gasteiger partial charge in [-0.3, -0.25) is 4.79 Å². The fourth-order valence-electron chi connectivity index (χ4n) is 0.821. The molecule has 58 valence electrons. The van der Waals surface area contributed by atoms with Crippen molar-refractivity contribution in [2.45, 2.75) is 6.92 Å². The predicted molar refractivity (Wildman–Crippen MR) is 48.7 cm³/mol. The molecule has 0 aliphatic heterocycles. The van der Waals surface area contributed by atoms with E-state index in [1.807, 2.05) is 6.92 Å². The van der Waals surface area contributed by atoms with Crippen molar-refractivity contribution < 1.29 is 4.79 Å². The molecule has 0 saturated heterocycles. The zero-order valence-electron chi connectivity index (χ0n) is 6.10. The van der Waals surface area contributed by atoms with Gasteiger partial charge in [-0.2, -0.15) is 0 Å². The Labute approximate surface area is 73.5 Å². The van der Waals surface area contributed by atoms with E-state index in [0.717, 1.165) is 16.3 Å². The maximum absolute atomic E-state index is 10.4. The monoisotopic (exact) mass is 213 g/mol. The Hall–Kier alpha value is -0.830. The van der Waals surface area contributed by atoms with Crippen molar-refractivity contribution in [1.82, 2.24) is 0 Å². The number of carbonyl (C=O) groups excluding carboxylic acids is 1. The minimum absolute atomic E-state index is 0.528. The quantitative estimate of drug-likeness (QED) is 0.574. The molecule has 0 spiro atoms. The Bertz CT molecular complexity index is 296. The summed E-state index contributed by atoms with van der Waals surface area (Å²) in [7, 11) is 0. The third kappa shape index (κ3) is 1.60. The first-order valence-electron chi connectivity index (χ1n) is 3.16. The second-order valence-electron chi connectivity index (χ2n) is 2.35. The molecule has 1 aromatic carbocycles. The topological polar surface area (TPSA) is 43.1 Å². The van der Waals surface area contributed by atoms with Gasteiger partial charge in [0.15, 0.2) is 6.29 Å². The van der Waals surface area contributed by atoms with Crippen LogP contribution < -0.4 is 5.73 Å². The Morgan fingerprint density at radius 3 is 2.73 bits per heavy atom. The molecule has 0 aromatic heterocycles. The van der Waals surface area contributed by atoms with Gasteiger partial charge in [0.2, 0.25) is 0 Å². The average Bonchev–Trinajstić information content (AvgIpc) is 1.97. The number of aldehydes is 1. The molecule has 0 radical (unpaired) electrons. The van der Waals surface area contributed by atoms with Gasteiger partial charge in [0.05, 0.1) is 0 Å². The summed E-state index contributed by atoms with van der Waals surface area (Å²) in [6.07, 6.45) is 0.750. The van der Waals surface area contributed by atoms with Crippen molar-refractivity contribution in [2.75, 3.05) is 5.73 Å². The lowest BCUT2D eigenvalue weighted by Gasteiger charge is -2.01. The second-order valence-corrected chi connectivity index (χ2v) is 3.20. The molecular formula is C8H8BrNO. The van der Waals surface area contributed by atoms with Crippen LogP contribution in [0, 0.1) is 6.92 Å². The number of hydrogen-bond donors (Lipinski definition) is 1. The van der Waals surface area contributed by atoms with Gasteiger partial charge in [-0.05, 0) is 24.6 Å². The van der Waals surface area contributed by atoms with Gasteiger partial charge in [0.25, 0.3) is 0 Å². The van der Waals surface area contributed by atoms with Gasteiger partial charge < -0.3 is 5.73 Å². The predicted octanol–water partition coefficient (Wildman–Crippen LogP) is 2.15. The number of carbonyl (C=O) groups is 1. The minimum atomic E-state index is 0.528. The Kier molecular flexibility index (Phi) is 2.29. The maximum atomic E-state index is 10.4. The SMILES string of the molecule is Cc1cc(N)c(C=O)cc1Br. The first-order chi connectivity index (χ1) is 5.15. The van der Waals surface area contributed by atoms with E-state index in [1.165, 1.54) is 0 Å². The second kappa shape index (κ2) is 3.05. The molecule has 0 heterocycles. The molecule has 0 aliphatic carbocycles. The van der Waals surface area contributed by atoms with E-state index in [-0.39, 0.29) is 0 Å². The van der Waals surface area contributed by atoms with Crippen molar-refractivity contribution in [3.05, 3.63) is 27.7 Å².